The van der Waals surface area contributed by atoms with Crippen LogP contribution in [-0.2, 0) is 0 Å². The molecule has 1 aromatic rings. The molecule has 7 nitrogen and oxygen atoms in total. The van der Waals surface area contributed by atoms with Gasteiger partial charge in [0.2, 0.25) is 11.9 Å². The molecular weight excluding hydrogens is 256 g/mol. The third kappa shape index (κ3) is 4.48. The molecule has 7 heteroatoms. The maximum Gasteiger partial charge on any atom is 0.323 e. The topological polar surface area (TPSA) is 98.0 Å². The van der Waals surface area contributed by atoms with E-state index in [1.807, 2.05) is 6.92 Å². The quantitative estimate of drug-likeness (QED) is 0.518. The van der Waals surface area contributed by atoms with E-state index in [2.05, 4.69) is 25.7 Å². The molecule has 20 heavy (non-hydrogen) atoms. The van der Waals surface area contributed by atoms with E-state index >= 15 is 0 Å². The van der Waals surface area contributed by atoms with Crippen LogP contribution in [0.3, 0.4) is 0 Å². The number of anilines is 2. The van der Waals surface area contributed by atoms with Gasteiger partial charge in [0, 0.05) is 6.54 Å². The predicted octanol–water partition coefficient (Wildman–Crippen LogP) is 1.94. The Kier molecular flexibility index (Phi) is 5.79. The third-order valence-corrected chi connectivity index (χ3v) is 3.45. The average molecular weight is 280 g/mol. The second-order valence-electron chi connectivity index (χ2n) is 5.14. The molecule has 0 amide bonds. The van der Waals surface area contributed by atoms with Gasteiger partial charge in [0.05, 0.1) is 6.61 Å². The van der Waals surface area contributed by atoms with Gasteiger partial charge in [0.25, 0.3) is 0 Å². The summed E-state index contributed by atoms with van der Waals surface area (Å²) >= 11 is 0. The highest BCUT2D eigenvalue weighted by Crippen LogP contribution is 2.23. The van der Waals surface area contributed by atoms with Crippen LogP contribution in [0, 0.1) is 5.92 Å². The second-order valence-corrected chi connectivity index (χ2v) is 5.14. The molecule has 0 aliphatic heterocycles. The van der Waals surface area contributed by atoms with E-state index in [9.17, 15) is 0 Å². The molecule has 0 aromatic carbocycles. The fourth-order valence-electron chi connectivity index (χ4n) is 2.38. The molecule has 1 aliphatic rings. The summed E-state index contributed by atoms with van der Waals surface area (Å²) in [5, 5.41) is 3.27. The molecule has 0 atom stereocenters. The molecule has 1 fully saturated rings. The zero-order valence-electron chi connectivity index (χ0n) is 12.1. The summed E-state index contributed by atoms with van der Waals surface area (Å²) in [6.45, 7) is 3.50. The summed E-state index contributed by atoms with van der Waals surface area (Å²) < 4.78 is 5.43. The van der Waals surface area contributed by atoms with Gasteiger partial charge in [0.1, 0.15) is 0 Å². The van der Waals surface area contributed by atoms with Crippen molar-refractivity contribution in [2.75, 3.05) is 23.9 Å². The molecule has 1 aromatic heterocycles. The van der Waals surface area contributed by atoms with Gasteiger partial charge in [-0.05, 0) is 25.2 Å². The molecule has 112 valence electrons. The maximum absolute atomic E-state index is 5.43. The second kappa shape index (κ2) is 7.84. The van der Waals surface area contributed by atoms with Gasteiger partial charge < -0.3 is 10.1 Å². The van der Waals surface area contributed by atoms with Crippen LogP contribution in [0.1, 0.15) is 45.4 Å². The number of hydrazine groups is 1. The van der Waals surface area contributed by atoms with Crippen molar-refractivity contribution in [1.29, 1.82) is 0 Å². The van der Waals surface area contributed by atoms with Crippen molar-refractivity contribution >= 4 is 11.9 Å². The van der Waals surface area contributed by atoms with Crippen molar-refractivity contribution in [3.63, 3.8) is 0 Å². The number of ether oxygens (including phenoxy) is 1. The Hall–Kier alpha value is -1.63. The molecule has 4 N–H and O–H groups in total. The number of nitrogens with zero attached hydrogens (tertiary/aromatic N) is 3. The Labute approximate surface area is 119 Å². The largest absolute Gasteiger partial charge is 0.463 e. The van der Waals surface area contributed by atoms with Crippen LogP contribution in [-0.4, -0.2) is 28.1 Å². The minimum Gasteiger partial charge on any atom is -0.463 e. The van der Waals surface area contributed by atoms with E-state index in [1.165, 1.54) is 32.1 Å². The van der Waals surface area contributed by atoms with Crippen LogP contribution < -0.4 is 21.3 Å². The molecule has 1 aliphatic carbocycles. The highest BCUT2D eigenvalue weighted by Gasteiger charge is 2.14. The van der Waals surface area contributed by atoms with Gasteiger partial charge in [-0.1, -0.05) is 26.2 Å². The first-order valence-electron chi connectivity index (χ1n) is 7.41. The van der Waals surface area contributed by atoms with E-state index in [0.717, 1.165) is 13.0 Å². The Balaban J connectivity index is 1.94. The summed E-state index contributed by atoms with van der Waals surface area (Å²) in [5.41, 5.74) is 2.44. The molecule has 2 rings (SSSR count). The first-order chi connectivity index (χ1) is 9.81. The van der Waals surface area contributed by atoms with E-state index in [1.54, 1.807) is 0 Å². The van der Waals surface area contributed by atoms with Crippen molar-refractivity contribution in [2.45, 2.75) is 45.4 Å². The molecule has 1 saturated carbocycles. The van der Waals surface area contributed by atoms with Crippen LogP contribution >= 0.6 is 0 Å². The normalized spacial score (nSPS) is 15.9. The van der Waals surface area contributed by atoms with Crippen LogP contribution in [0.25, 0.3) is 0 Å². The van der Waals surface area contributed by atoms with Crippen molar-refractivity contribution in [3.8, 4) is 6.01 Å². The summed E-state index contributed by atoms with van der Waals surface area (Å²) in [6.07, 6.45) is 7.47. The first-order valence-corrected chi connectivity index (χ1v) is 7.41. The molecule has 0 spiro atoms. The lowest BCUT2D eigenvalue weighted by Crippen LogP contribution is -2.20. The van der Waals surface area contributed by atoms with E-state index in [0.29, 0.717) is 30.4 Å². The number of rotatable bonds is 7. The lowest BCUT2D eigenvalue weighted by Gasteiger charge is -2.21. The summed E-state index contributed by atoms with van der Waals surface area (Å²) in [5.74, 6) is 6.91. The van der Waals surface area contributed by atoms with Gasteiger partial charge in [-0.2, -0.15) is 15.0 Å². The van der Waals surface area contributed by atoms with Crippen molar-refractivity contribution in [2.24, 2.45) is 11.8 Å². The monoisotopic (exact) mass is 280 g/mol. The van der Waals surface area contributed by atoms with E-state index < -0.39 is 0 Å². The average Bonchev–Trinajstić information content (AvgIpc) is 2.51. The van der Waals surface area contributed by atoms with E-state index in [-0.39, 0.29) is 0 Å². The zero-order valence-corrected chi connectivity index (χ0v) is 12.1. The SMILES string of the molecule is CCCOc1nc(NN)nc(NCC2CCCCC2)n1. The van der Waals surface area contributed by atoms with Gasteiger partial charge in [0.15, 0.2) is 0 Å². The van der Waals surface area contributed by atoms with Gasteiger partial charge in [-0.3, -0.25) is 5.43 Å². The molecule has 1 heterocycles. The minimum absolute atomic E-state index is 0.306. The molecule has 0 bridgehead atoms. The fraction of sp³-hybridized carbons (Fsp3) is 0.769. The van der Waals surface area contributed by atoms with Gasteiger partial charge in [-0.25, -0.2) is 5.84 Å². The number of hydrogen-bond donors (Lipinski definition) is 3. The lowest BCUT2D eigenvalue weighted by atomic mass is 9.89. The standard InChI is InChI=1S/C13H24N6O/c1-2-8-20-13-17-11(16-12(18-13)19-14)15-9-10-6-4-3-5-7-10/h10H,2-9,14H2,1H3,(H2,15,16,17,18,19). The van der Waals surface area contributed by atoms with E-state index in [4.69, 9.17) is 10.6 Å². The van der Waals surface area contributed by atoms with Crippen LogP contribution in [0.15, 0.2) is 0 Å². The molecule has 0 unspecified atom stereocenters. The molecule has 0 saturated heterocycles. The Bertz CT molecular complexity index is 408. The van der Waals surface area contributed by atoms with Crippen molar-refractivity contribution < 1.29 is 4.74 Å². The van der Waals surface area contributed by atoms with Gasteiger partial charge >= 0.3 is 6.01 Å². The maximum atomic E-state index is 5.43. The number of hydrogen-bond acceptors (Lipinski definition) is 7. The lowest BCUT2D eigenvalue weighted by molar-refractivity contribution is 0.292. The predicted molar refractivity (Wildman–Crippen MR) is 78.5 cm³/mol. The first kappa shape index (κ1) is 14.8. The minimum atomic E-state index is 0.306. The highest BCUT2D eigenvalue weighted by molar-refractivity contribution is 5.34. The number of nitrogens with two attached hydrogens (primary N) is 1. The summed E-state index contributed by atoms with van der Waals surface area (Å²) in [6, 6.07) is 0.306. The summed E-state index contributed by atoms with van der Waals surface area (Å²) in [7, 11) is 0. The van der Waals surface area contributed by atoms with Crippen molar-refractivity contribution in [3.05, 3.63) is 0 Å². The number of nitrogens with one attached hydrogen (secondary N) is 2. The molecular formula is C13H24N6O. The number of aromatic nitrogens is 3. The van der Waals surface area contributed by atoms with Crippen LogP contribution in [0.2, 0.25) is 0 Å². The Morgan fingerprint density at radius 3 is 2.60 bits per heavy atom. The third-order valence-electron chi connectivity index (χ3n) is 3.45. The number of nitrogen functional groups attached to an aromatic ring is 1. The highest BCUT2D eigenvalue weighted by atomic mass is 16.5. The Morgan fingerprint density at radius 1 is 1.15 bits per heavy atom. The summed E-state index contributed by atoms with van der Waals surface area (Å²) in [4.78, 5) is 12.5. The smallest absolute Gasteiger partial charge is 0.323 e. The van der Waals surface area contributed by atoms with Gasteiger partial charge in [-0.15, -0.1) is 0 Å². The van der Waals surface area contributed by atoms with Crippen molar-refractivity contribution in [1.82, 2.24) is 15.0 Å². The molecule has 0 radical (unpaired) electrons. The van der Waals surface area contributed by atoms with Crippen LogP contribution in [0.5, 0.6) is 6.01 Å². The Morgan fingerprint density at radius 2 is 1.90 bits per heavy atom. The zero-order chi connectivity index (χ0) is 14.2. The van der Waals surface area contributed by atoms with Crippen LogP contribution in [0.4, 0.5) is 11.9 Å². The fourth-order valence-corrected chi connectivity index (χ4v) is 2.38.